The fourth-order valence-electron chi connectivity index (χ4n) is 2.02. The zero-order chi connectivity index (χ0) is 14.1. The Labute approximate surface area is 126 Å². The van der Waals surface area contributed by atoms with E-state index in [-0.39, 0.29) is 5.28 Å². The third-order valence-corrected chi connectivity index (χ3v) is 3.34. The van der Waals surface area contributed by atoms with Crippen LogP contribution in [-0.2, 0) is 0 Å². The lowest BCUT2D eigenvalue weighted by molar-refractivity contribution is 0.887. The molecule has 2 aromatic carbocycles. The van der Waals surface area contributed by atoms with Gasteiger partial charge in [-0.3, -0.25) is 0 Å². The van der Waals surface area contributed by atoms with Crippen LogP contribution in [0.15, 0.2) is 48.5 Å². The normalized spacial score (nSPS) is 10.8. The van der Waals surface area contributed by atoms with Crippen LogP contribution in [-0.4, -0.2) is 14.8 Å². The van der Waals surface area contributed by atoms with Crippen molar-refractivity contribution in [3.8, 4) is 17.1 Å². The summed E-state index contributed by atoms with van der Waals surface area (Å²) in [6.07, 6.45) is 0. The van der Waals surface area contributed by atoms with E-state index in [1.165, 1.54) is 0 Å². The van der Waals surface area contributed by atoms with Gasteiger partial charge in [0, 0.05) is 10.6 Å². The smallest absolute Gasteiger partial charge is 0.212 e. The number of benzene rings is 2. The van der Waals surface area contributed by atoms with Crippen LogP contribution < -0.4 is 0 Å². The number of aryl methyl sites for hydroxylation is 1. The van der Waals surface area contributed by atoms with Gasteiger partial charge in [0.1, 0.15) is 0 Å². The molecule has 0 aliphatic heterocycles. The van der Waals surface area contributed by atoms with Crippen LogP contribution in [0.1, 0.15) is 5.56 Å². The Hall–Kier alpha value is -1.84. The van der Waals surface area contributed by atoms with Crippen molar-refractivity contribution in [1.29, 1.82) is 0 Å². The van der Waals surface area contributed by atoms with Gasteiger partial charge in [-0.1, -0.05) is 35.4 Å². The minimum absolute atomic E-state index is 0.219. The van der Waals surface area contributed by atoms with Gasteiger partial charge in [0.2, 0.25) is 5.28 Å². The van der Waals surface area contributed by atoms with Crippen LogP contribution in [0.3, 0.4) is 0 Å². The summed E-state index contributed by atoms with van der Waals surface area (Å²) < 4.78 is 1.72. The molecule has 1 heterocycles. The lowest BCUT2D eigenvalue weighted by Crippen LogP contribution is -1.99. The molecule has 1 aromatic heterocycles. The first kappa shape index (κ1) is 13.2. The van der Waals surface area contributed by atoms with Crippen LogP contribution in [0.2, 0.25) is 10.3 Å². The molecule has 20 heavy (non-hydrogen) atoms. The molecule has 0 saturated carbocycles. The van der Waals surface area contributed by atoms with Crippen LogP contribution >= 0.6 is 23.2 Å². The Morgan fingerprint density at radius 1 is 1.00 bits per heavy atom. The number of rotatable bonds is 2. The maximum absolute atomic E-state index is 5.97. The van der Waals surface area contributed by atoms with Crippen molar-refractivity contribution in [3.05, 3.63) is 64.4 Å². The second-order valence-corrected chi connectivity index (χ2v) is 5.24. The Bertz CT molecular complexity index is 748. The van der Waals surface area contributed by atoms with E-state index in [9.17, 15) is 0 Å². The maximum atomic E-state index is 5.97. The second kappa shape index (κ2) is 5.27. The first-order valence-corrected chi connectivity index (χ1v) is 6.84. The van der Waals surface area contributed by atoms with Crippen molar-refractivity contribution in [2.45, 2.75) is 6.92 Å². The molecule has 0 radical (unpaired) electrons. The summed E-state index contributed by atoms with van der Waals surface area (Å²) in [5, 5.41) is 5.14. The summed E-state index contributed by atoms with van der Waals surface area (Å²) in [6.45, 7) is 2.04. The predicted molar refractivity (Wildman–Crippen MR) is 81.6 cm³/mol. The van der Waals surface area contributed by atoms with Crippen LogP contribution in [0.5, 0.6) is 0 Å². The molecule has 0 bridgehead atoms. The van der Waals surface area contributed by atoms with Crippen LogP contribution in [0.25, 0.3) is 17.1 Å². The standard InChI is InChI=1S/C15H11Cl2N3/c1-10-3-2-4-11(9-10)14-18-15(17)19-20(14)13-7-5-12(16)6-8-13/h2-9H,1H3. The quantitative estimate of drug-likeness (QED) is 0.695. The highest BCUT2D eigenvalue weighted by Gasteiger charge is 2.12. The number of nitrogens with zero attached hydrogens (tertiary/aromatic N) is 3. The Balaban J connectivity index is 2.15. The Kier molecular flexibility index (Phi) is 3.47. The van der Waals surface area contributed by atoms with E-state index in [2.05, 4.69) is 10.1 Å². The number of aromatic nitrogens is 3. The zero-order valence-corrected chi connectivity index (χ0v) is 12.2. The molecule has 0 N–H and O–H groups in total. The van der Waals surface area contributed by atoms with Gasteiger partial charge in [0.25, 0.3) is 0 Å². The van der Waals surface area contributed by atoms with Gasteiger partial charge < -0.3 is 0 Å². The van der Waals surface area contributed by atoms with Crippen molar-refractivity contribution in [2.24, 2.45) is 0 Å². The first-order chi connectivity index (χ1) is 9.63. The summed E-state index contributed by atoms with van der Waals surface area (Å²) in [6, 6.07) is 15.4. The zero-order valence-electron chi connectivity index (χ0n) is 10.7. The molecule has 0 unspecified atom stereocenters. The van der Waals surface area contributed by atoms with E-state index in [1.54, 1.807) is 4.68 Å². The first-order valence-electron chi connectivity index (χ1n) is 6.09. The third kappa shape index (κ3) is 2.55. The van der Waals surface area contributed by atoms with Crippen molar-refractivity contribution in [2.75, 3.05) is 0 Å². The number of hydrogen-bond donors (Lipinski definition) is 0. The minimum Gasteiger partial charge on any atom is -0.212 e. The molecule has 0 aliphatic carbocycles. The van der Waals surface area contributed by atoms with E-state index in [1.807, 2.05) is 55.5 Å². The van der Waals surface area contributed by atoms with Gasteiger partial charge in [0.05, 0.1) is 5.69 Å². The topological polar surface area (TPSA) is 30.7 Å². The molecule has 0 atom stereocenters. The average Bonchev–Trinajstić information content (AvgIpc) is 2.82. The molecule has 3 nitrogen and oxygen atoms in total. The van der Waals surface area contributed by atoms with Crippen molar-refractivity contribution in [1.82, 2.24) is 14.8 Å². The van der Waals surface area contributed by atoms with Gasteiger partial charge >= 0.3 is 0 Å². The molecule has 0 spiro atoms. The fraction of sp³-hybridized carbons (Fsp3) is 0.0667. The average molecular weight is 304 g/mol. The molecule has 0 aliphatic rings. The maximum Gasteiger partial charge on any atom is 0.243 e. The highest BCUT2D eigenvalue weighted by molar-refractivity contribution is 6.30. The summed E-state index contributed by atoms with van der Waals surface area (Å²) in [7, 11) is 0. The number of hydrogen-bond acceptors (Lipinski definition) is 2. The van der Waals surface area contributed by atoms with E-state index in [0.29, 0.717) is 10.8 Å². The summed E-state index contributed by atoms with van der Waals surface area (Å²) >= 11 is 11.9. The van der Waals surface area contributed by atoms with Crippen molar-refractivity contribution >= 4 is 23.2 Å². The van der Waals surface area contributed by atoms with Crippen molar-refractivity contribution < 1.29 is 0 Å². The Morgan fingerprint density at radius 2 is 1.75 bits per heavy atom. The van der Waals surface area contributed by atoms with Crippen LogP contribution in [0.4, 0.5) is 0 Å². The SMILES string of the molecule is Cc1cccc(-c2nc(Cl)nn2-c2ccc(Cl)cc2)c1. The second-order valence-electron chi connectivity index (χ2n) is 4.46. The fourth-order valence-corrected chi connectivity index (χ4v) is 2.30. The van der Waals surface area contributed by atoms with Gasteiger partial charge in [-0.15, -0.1) is 5.10 Å². The van der Waals surface area contributed by atoms with E-state index in [4.69, 9.17) is 23.2 Å². The van der Waals surface area contributed by atoms with E-state index < -0.39 is 0 Å². The Morgan fingerprint density at radius 3 is 2.45 bits per heavy atom. The van der Waals surface area contributed by atoms with Crippen molar-refractivity contribution in [3.63, 3.8) is 0 Å². The third-order valence-electron chi connectivity index (χ3n) is 2.93. The van der Waals surface area contributed by atoms with Crippen LogP contribution in [0, 0.1) is 6.92 Å². The van der Waals surface area contributed by atoms with Gasteiger partial charge in [-0.2, -0.15) is 4.98 Å². The summed E-state index contributed by atoms with van der Waals surface area (Å²) in [5.74, 6) is 0.709. The molecule has 0 saturated heterocycles. The lowest BCUT2D eigenvalue weighted by Gasteiger charge is -2.06. The van der Waals surface area contributed by atoms with E-state index in [0.717, 1.165) is 16.8 Å². The summed E-state index contributed by atoms with van der Waals surface area (Å²) in [5.41, 5.74) is 2.99. The molecular weight excluding hydrogens is 293 g/mol. The molecule has 100 valence electrons. The highest BCUT2D eigenvalue weighted by Crippen LogP contribution is 2.24. The largest absolute Gasteiger partial charge is 0.243 e. The molecule has 0 amide bonds. The van der Waals surface area contributed by atoms with Gasteiger partial charge in [0.15, 0.2) is 5.82 Å². The monoisotopic (exact) mass is 303 g/mol. The molecule has 5 heteroatoms. The predicted octanol–water partition coefficient (Wildman–Crippen LogP) is 4.55. The molecule has 3 rings (SSSR count). The lowest BCUT2D eigenvalue weighted by atomic mass is 10.1. The molecule has 0 fully saturated rings. The number of halogens is 2. The summed E-state index contributed by atoms with van der Waals surface area (Å²) in [4.78, 5) is 4.31. The molecule has 3 aromatic rings. The van der Waals surface area contributed by atoms with Gasteiger partial charge in [-0.25, -0.2) is 4.68 Å². The highest BCUT2D eigenvalue weighted by atomic mass is 35.5. The molecular formula is C15H11Cl2N3. The van der Waals surface area contributed by atoms with E-state index >= 15 is 0 Å². The van der Waals surface area contributed by atoms with Gasteiger partial charge in [-0.05, 0) is 48.9 Å². The minimum atomic E-state index is 0.219.